The predicted molar refractivity (Wildman–Crippen MR) is 95.6 cm³/mol. The Labute approximate surface area is 153 Å². The third-order valence-corrected chi connectivity index (χ3v) is 4.04. The van der Waals surface area contributed by atoms with Gasteiger partial charge < -0.3 is 19.9 Å². The van der Waals surface area contributed by atoms with Crippen LogP contribution in [0.15, 0.2) is 46.9 Å². The second-order valence-electron chi connectivity index (χ2n) is 5.30. The van der Waals surface area contributed by atoms with Crippen LogP contribution < -0.4 is 10.1 Å². The lowest BCUT2D eigenvalue weighted by molar-refractivity contribution is -0.124. The van der Waals surface area contributed by atoms with Gasteiger partial charge in [0, 0.05) is 10.5 Å². The standard InChI is InChI=1S/C18H18BrNO5/c1-11(12-3-5-13(19)6-4-12)20-17(22)10-25-18(23)15-8-7-14(24-2)9-16(15)21/h3-9,11,21H,10H2,1-2H3,(H,20,22). The zero-order chi connectivity index (χ0) is 18.4. The number of benzene rings is 2. The minimum atomic E-state index is -0.786. The molecule has 0 aromatic heterocycles. The molecule has 2 N–H and O–H groups in total. The number of hydrogen-bond donors (Lipinski definition) is 2. The van der Waals surface area contributed by atoms with Crippen LogP contribution >= 0.6 is 15.9 Å². The lowest BCUT2D eigenvalue weighted by Crippen LogP contribution is -2.31. The van der Waals surface area contributed by atoms with Gasteiger partial charge in [-0.05, 0) is 36.8 Å². The van der Waals surface area contributed by atoms with E-state index in [9.17, 15) is 14.7 Å². The molecule has 0 aliphatic heterocycles. The second-order valence-corrected chi connectivity index (χ2v) is 6.22. The molecule has 0 saturated carbocycles. The van der Waals surface area contributed by atoms with Gasteiger partial charge in [0.1, 0.15) is 17.1 Å². The smallest absolute Gasteiger partial charge is 0.342 e. The molecule has 2 aromatic rings. The largest absolute Gasteiger partial charge is 0.507 e. The number of amides is 1. The number of ether oxygens (including phenoxy) is 2. The van der Waals surface area contributed by atoms with E-state index in [0.29, 0.717) is 5.75 Å². The molecule has 0 bridgehead atoms. The van der Waals surface area contributed by atoms with E-state index >= 15 is 0 Å². The van der Waals surface area contributed by atoms with Gasteiger partial charge >= 0.3 is 5.97 Å². The average Bonchev–Trinajstić information content (AvgIpc) is 2.60. The highest BCUT2D eigenvalue weighted by molar-refractivity contribution is 9.10. The maximum atomic E-state index is 12.0. The monoisotopic (exact) mass is 407 g/mol. The van der Waals surface area contributed by atoms with Crippen LogP contribution in [0.4, 0.5) is 0 Å². The molecule has 0 radical (unpaired) electrons. The first-order chi connectivity index (χ1) is 11.9. The van der Waals surface area contributed by atoms with Crippen molar-refractivity contribution >= 4 is 27.8 Å². The SMILES string of the molecule is COc1ccc(C(=O)OCC(=O)NC(C)c2ccc(Br)cc2)c(O)c1. The minimum Gasteiger partial charge on any atom is -0.507 e. The van der Waals surface area contributed by atoms with E-state index in [-0.39, 0.29) is 17.4 Å². The summed E-state index contributed by atoms with van der Waals surface area (Å²) in [4.78, 5) is 23.9. The van der Waals surface area contributed by atoms with Crippen molar-refractivity contribution in [1.82, 2.24) is 5.32 Å². The Hall–Kier alpha value is -2.54. The van der Waals surface area contributed by atoms with Crippen molar-refractivity contribution in [3.8, 4) is 11.5 Å². The summed E-state index contributed by atoms with van der Waals surface area (Å²) in [5, 5.41) is 12.5. The topological polar surface area (TPSA) is 84.9 Å². The van der Waals surface area contributed by atoms with Crippen molar-refractivity contribution in [3.05, 3.63) is 58.1 Å². The van der Waals surface area contributed by atoms with E-state index in [0.717, 1.165) is 10.0 Å². The van der Waals surface area contributed by atoms with Crippen molar-refractivity contribution in [1.29, 1.82) is 0 Å². The van der Waals surface area contributed by atoms with Gasteiger partial charge in [-0.1, -0.05) is 28.1 Å². The third kappa shape index (κ3) is 5.22. The molecule has 6 nitrogen and oxygen atoms in total. The van der Waals surface area contributed by atoms with Crippen LogP contribution in [0.3, 0.4) is 0 Å². The summed E-state index contributed by atoms with van der Waals surface area (Å²) in [7, 11) is 1.45. The molecule has 0 spiro atoms. The van der Waals surface area contributed by atoms with Gasteiger partial charge in [-0.15, -0.1) is 0 Å². The second kappa shape index (κ2) is 8.53. The maximum absolute atomic E-state index is 12.0. The molecule has 2 rings (SSSR count). The summed E-state index contributed by atoms with van der Waals surface area (Å²) >= 11 is 3.35. The van der Waals surface area contributed by atoms with Crippen molar-refractivity contribution in [3.63, 3.8) is 0 Å². The normalized spacial score (nSPS) is 11.5. The van der Waals surface area contributed by atoms with Crippen LogP contribution in [-0.2, 0) is 9.53 Å². The molecule has 0 heterocycles. The van der Waals surface area contributed by atoms with Crippen LogP contribution in [0, 0.1) is 0 Å². The van der Waals surface area contributed by atoms with Crippen molar-refractivity contribution < 1.29 is 24.2 Å². The number of esters is 1. The number of aromatic hydroxyl groups is 1. The fourth-order valence-electron chi connectivity index (χ4n) is 2.14. The van der Waals surface area contributed by atoms with Crippen molar-refractivity contribution in [2.24, 2.45) is 0 Å². The number of methoxy groups -OCH3 is 1. The van der Waals surface area contributed by atoms with Gasteiger partial charge in [0.25, 0.3) is 5.91 Å². The summed E-state index contributed by atoms with van der Waals surface area (Å²) in [6.45, 7) is 1.39. The lowest BCUT2D eigenvalue weighted by atomic mass is 10.1. The summed E-state index contributed by atoms with van der Waals surface area (Å²) < 4.78 is 10.8. The first kappa shape index (κ1) is 18.8. The molecule has 0 saturated heterocycles. The van der Waals surface area contributed by atoms with Crippen LogP contribution in [0.5, 0.6) is 11.5 Å². The number of nitrogens with one attached hydrogen (secondary N) is 1. The van der Waals surface area contributed by atoms with Gasteiger partial charge in [-0.25, -0.2) is 4.79 Å². The quantitative estimate of drug-likeness (QED) is 0.718. The van der Waals surface area contributed by atoms with Crippen LogP contribution in [0.1, 0.15) is 28.9 Å². The molecular weight excluding hydrogens is 390 g/mol. The summed E-state index contributed by atoms with van der Waals surface area (Å²) in [5.41, 5.74) is 0.894. The molecule has 0 aliphatic carbocycles. The Kier molecular flexibility index (Phi) is 6.41. The number of phenols is 1. The van der Waals surface area contributed by atoms with E-state index in [1.807, 2.05) is 31.2 Å². The van der Waals surface area contributed by atoms with Gasteiger partial charge in [-0.2, -0.15) is 0 Å². The Balaban J connectivity index is 1.89. The summed E-state index contributed by atoms with van der Waals surface area (Å²) in [5.74, 6) is -1.08. The van der Waals surface area contributed by atoms with E-state index in [1.54, 1.807) is 0 Å². The molecule has 1 unspecified atom stereocenters. The van der Waals surface area contributed by atoms with Crippen LogP contribution in [0.2, 0.25) is 0 Å². The molecule has 7 heteroatoms. The summed E-state index contributed by atoms with van der Waals surface area (Å²) in [6.07, 6.45) is 0. The molecule has 1 atom stereocenters. The zero-order valence-electron chi connectivity index (χ0n) is 13.8. The van der Waals surface area contributed by atoms with E-state index < -0.39 is 18.5 Å². The average molecular weight is 408 g/mol. The number of rotatable bonds is 6. The van der Waals surface area contributed by atoms with Gasteiger partial charge in [-0.3, -0.25) is 4.79 Å². The van der Waals surface area contributed by atoms with E-state index in [1.165, 1.54) is 25.3 Å². The highest BCUT2D eigenvalue weighted by Crippen LogP contribution is 2.24. The fourth-order valence-corrected chi connectivity index (χ4v) is 2.40. The highest BCUT2D eigenvalue weighted by atomic mass is 79.9. The molecule has 2 aromatic carbocycles. The van der Waals surface area contributed by atoms with Crippen molar-refractivity contribution in [2.45, 2.75) is 13.0 Å². The van der Waals surface area contributed by atoms with Crippen LogP contribution in [0.25, 0.3) is 0 Å². The Morgan fingerprint density at radius 3 is 2.48 bits per heavy atom. The molecule has 1 amide bonds. The molecule has 0 aliphatic rings. The summed E-state index contributed by atoms with van der Waals surface area (Å²) in [6, 6.07) is 11.5. The maximum Gasteiger partial charge on any atom is 0.342 e. The Morgan fingerprint density at radius 2 is 1.88 bits per heavy atom. The number of carbonyl (C=O) groups is 2. The predicted octanol–water partition coefficient (Wildman–Crippen LogP) is 3.20. The fraction of sp³-hybridized carbons (Fsp3) is 0.222. The third-order valence-electron chi connectivity index (χ3n) is 3.51. The first-order valence-electron chi connectivity index (χ1n) is 7.49. The highest BCUT2D eigenvalue weighted by Gasteiger charge is 2.16. The first-order valence-corrected chi connectivity index (χ1v) is 8.29. The van der Waals surface area contributed by atoms with Crippen molar-refractivity contribution in [2.75, 3.05) is 13.7 Å². The molecule has 25 heavy (non-hydrogen) atoms. The van der Waals surface area contributed by atoms with E-state index in [2.05, 4.69) is 21.2 Å². The number of phenolic OH excluding ortho intramolecular Hbond substituents is 1. The van der Waals surface area contributed by atoms with Gasteiger partial charge in [0.2, 0.25) is 0 Å². The minimum absolute atomic E-state index is 0.0328. The number of halogens is 1. The van der Waals surface area contributed by atoms with E-state index in [4.69, 9.17) is 9.47 Å². The Bertz CT molecular complexity index is 761. The van der Waals surface area contributed by atoms with Crippen LogP contribution in [-0.4, -0.2) is 30.7 Å². The molecule has 132 valence electrons. The van der Waals surface area contributed by atoms with Gasteiger partial charge in [0.15, 0.2) is 6.61 Å². The molecule has 0 fully saturated rings. The zero-order valence-corrected chi connectivity index (χ0v) is 15.4. The number of carbonyl (C=O) groups excluding carboxylic acids is 2. The Morgan fingerprint density at radius 1 is 1.20 bits per heavy atom. The number of hydrogen-bond acceptors (Lipinski definition) is 5. The van der Waals surface area contributed by atoms with Gasteiger partial charge in [0.05, 0.1) is 13.2 Å². The molecular formula is C18H18BrNO5. The lowest BCUT2D eigenvalue weighted by Gasteiger charge is -2.14.